The largest absolute Gasteiger partial charge is 0.370 e. The summed E-state index contributed by atoms with van der Waals surface area (Å²) in [4.78, 5) is 4.34. The van der Waals surface area contributed by atoms with Gasteiger partial charge in [-0.15, -0.1) is 0 Å². The van der Waals surface area contributed by atoms with Crippen LogP contribution in [0.25, 0.3) is 0 Å². The van der Waals surface area contributed by atoms with Gasteiger partial charge in [-0.2, -0.15) is 5.10 Å². The Hall–Kier alpha value is -2.30. The zero-order valence-electron chi connectivity index (χ0n) is 12.3. The zero-order chi connectivity index (χ0) is 14.7. The fraction of sp³-hybridized carbons (Fsp3) is 0.375. The van der Waals surface area contributed by atoms with Crippen LogP contribution in [0, 0.1) is 6.92 Å². The third-order valence-electron chi connectivity index (χ3n) is 3.74. The van der Waals surface area contributed by atoms with E-state index in [1.54, 1.807) is 0 Å². The van der Waals surface area contributed by atoms with Crippen molar-refractivity contribution >= 4 is 11.6 Å². The third-order valence-corrected chi connectivity index (χ3v) is 3.74. The molecule has 0 atom stereocenters. The van der Waals surface area contributed by atoms with Gasteiger partial charge in [0.1, 0.15) is 0 Å². The van der Waals surface area contributed by atoms with E-state index in [9.17, 15) is 0 Å². The number of hydrogen-bond donors (Lipinski definition) is 2. The van der Waals surface area contributed by atoms with Gasteiger partial charge in [-0.25, -0.2) is 0 Å². The van der Waals surface area contributed by atoms with Crippen molar-refractivity contribution < 1.29 is 0 Å². The van der Waals surface area contributed by atoms with E-state index in [-0.39, 0.29) is 0 Å². The Morgan fingerprint density at radius 3 is 3.05 bits per heavy atom. The average Bonchev–Trinajstić information content (AvgIpc) is 3.07. The summed E-state index contributed by atoms with van der Waals surface area (Å²) >= 11 is 0. The quantitative estimate of drug-likeness (QED) is 0.667. The fourth-order valence-corrected chi connectivity index (χ4v) is 2.70. The molecule has 110 valence electrons. The Labute approximate surface area is 124 Å². The van der Waals surface area contributed by atoms with Crippen LogP contribution in [0.4, 0.5) is 5.69 Å². The summed E-state index contributed by atoms with van der Waals surface area (Å²) in [5, 5.41) is 7.38. The number of guanidine groups is 1. The summed E-state index contributed by atoms with van der Waals surface area (Å²) in [6.07, 6.45) is 7.46. The predicted octanol–water partition coefficient (Wildman–Crippen LogP) is 2.11. The number of benzene rings is 1. The lowest BCUT2D eigenvalue weighted by Gasteiger charge is -2.08. The lowest BCUT2D eigenvalue weighted by molar-refractivity contribution is 0.625. The molecule has 0 bridgehead atoms. The second-order valence-corrected chi connectivity index (χ2v) is 5.51. The van der Waals surface area contributed by atoms with Crippen LogP contribution >= 0.6 is 0 Å². The van der Waals surface area contributed by atoms with Crippen molar-refractivity contribution in [2.45, 2.75) is 32.7 Å². The van der Waals surface area contributed by atoms with Crippen molar-refractivity contribution in [2.24, 2.45) is 10.7 Å². The lowest BCUT2D eigenvalue weighted by atomic mass is 10.1. The molecule has 21 heavy (non-hydrogen) atoms. The first-order chi connectivity index (χ1) is 10.2. The minimum Gasteiger partial charge on any atom is -0.370 e. The predicted molar refractivity (Wildman–Crippen MR) is 85.5 cm³/mol. The highest BCUT2D eigenvalue weighted by molar-refractivity contribution is 5.92. The van der Waals surface area contributed by atoms with E-state index in [2.05, 4.69) is 33.6 Å². The van der Waals surface area contributed by atoms with Gasteiger partial charge in [0.25, 0.3) is 0 Å². The second kappa shape index (κ2) is 5.99. The Balaban J connectivity index is 1.55. The Morgan fingerprint density at radius 2 is 2.24 bits per heavy atom. The number of nitrogens with two attached hydrogens (primary N) is 1. The molecule has 1 heterocycles. The molecule has 0 unspecified atom stereocenters. The van der Waals surface area contributed by atoms with Crippen LogP contribution in [0.15, 0.2) is 35.6 Å². The number of aliphatic imine (C=N–C) groups is 1. The number of fused-ring (bicyclic) bond motifs is 1. The van der Waals surface area contributed by atoms with Gasteiger partial charge >= 0.3 is 0 Å². The van der Waals surface area contributed by atoms with Gasteiger partial charge in [-0.1, -0.05) is 6.07 Å². The minimum absolute atomic E-state index is 0.455. The summed E-state index contributed by atoms with van der Waals surface area (Å²) < 4.78 is 1.88. The SMILES string of the molecule is Cc1cnn(CCN=C(N)Nc2ccc3c(c2)CCC3)c1. The van der Waals surface area contributed by atoms with Crippen molar-refractivity contribution in [1.82, 2.24) is 9.78 Å². The normalized spacial score (nSPS) is 14.2. The highest BCUT2D eigenvalue weighted by Crippen LogP contribution is 2.24. The Kier molecular flexibility index (Phi) is 3.90. The highest BCUT2D eigenvalue weighted by atomic mass is 15.3. The summed E-state index contributed by atoms with van der Waals surface area (Å²) in [5.41, 5.74) is 11.0. The van der Waals surface area contributed by atoms with Gasteiger partial charge in [0.2, 0.25) is 0 Å². The van der Waals surface area contributed by atoms with E-state index in [1.807, 2.05) is 24.0 Å². The molecule has 2 aromatic rings. The molecule has 5 heteroatoms. The van der Waals surface area contributed by atoms with E-state index in [0.29, 0.717) is 12.5 Å². The second-order valence-electron chi connectivity index (χ2n) is 5.51. The zero-order valence-corrected chi connectivity index (χ0v) is 12.3. The van der Waals surface area contributed by atoms with E-state index in [0.717, 1.165) is 17.8 Å². The molecule has 3 N–H and O–H groups in total. The number of aromatic nitrogens is 2. The maximum Gasteiger partial charge on any atom is 0.193 e. The number of nitrogens with zero attached hydrogens (tertiary/aromatic N) is 3. The van der Waals surface area contributed by atoms with Crippen LogP contribution in [0.1, 0.15) is 23.1 Å². The average molecular weight is 283 g/mol. The molecule has 1 aromatic carbocycles. The molecule has 0 fully saturated rings. The van der Waals surface area contributed by atoms with Crippen LogP contribution in [0.5, 0.6) is 0 Å². The van der Waals surface area contributed by atoms with Crippen LogP contribution in [0.2, 0.25) is 0 Å². The maximum atomic E-state index is 5.93. The molecule has 1 aliphatic carbocycles. The van der Waals surface area contributed by atoms with Crippen molar-refractivity contribution in [2.75, 3.05) is 11.9 Å². The molecule has 0 radical (unpaired) electrons. The summed E-state index contributed by atoms with van der Waals surface area (Å²) in [7, 11) is 0. The minimum atomic E-state index is 0.455. The molecular weight excluding hydrogens is 262 g/mol. The third kappa shape index (κ3) is 3.42. The fourth-order valence-electron chi connectivity index (χ4n) is 2.70. The van der Waals surface area contributed by atoms with E-state index >= 15 is 0 Å². The number of nitrogens with one attached hydrogen (secondary N) is 1. The number of aryl methyl sites for hydroxylation is 3. The van der Waals surface area contributed by atoms with Gasteiger partial charge in [-0.05, 0) is 55.0 Å². The molecule has 1 aromatic heterocycles. The first-order valence-electron chi connectivity index (χ1n) is 7.38. The van der Waals surface area contributed by atoms with Crippen LogP contribution in [-0.4, -0.2) is 22.3 Å². The van der Waals surface area contributed by atoms with Gasteiger partial charge in [-0.3, -0.25) is 9.67 Å². The number of rotatable bonds is 4. The first-order valence-corrected chi connectivity index (χ1v) is 7.38. The molecule has 3 rings (SSSR count). The summed E-state index contributed by atoms with van der Waals surface area (Å²) in [5.74, 6) is 0.455. The van der Waals surface area contributed by atoms with Crippen molar-refractivity contribution in [1.29, 1.82) is 0 Å². The molecule has 0 saturated carbocycles. The van der Waals surface area contributed by atoms with Crippen LogP contribution < -0.4 is 11.1 Å². The first kappa shape index (κ1) is 13.7. The molecule has 0 aliphatic heterocycles. The number of anilines is 1. The smallest absolute Gasteiger partial charge is 0.193 e. The van der Waals surface area contributed by atoms with E-state index < -0.39 is 0 Å². The standard InChI is InChI=1S/C16H21N5/c1-12-10-19-21(11-12)8-7-18-16(17)20-15-6-5-13-3-2-4-14(13)9-15/h5-6,9-11H,2-4,7-8H2,1H3,(H3,17,18,20). The molecule has 1 aliphatic rings. The Morgan fingerprint density at radius 1 is 1.38 bits per heavy atom. The van der Waals surface area contributed by atoms with Crippen molar-refractivity contribution in [3.8, 4) is 0 Å². The van der Waals surface area contributed by atoms with Gasteiger partial charge < -0.3 is 11.1 Å². The molecular formula is C16H21N5. The number of hydrogen-bond acceptors (Lipinski definition) is 2. The molecule has 0 spiro atoms. The lowest BCUT2D eigenvalue weighted by Crippen LogP contribution is -2.23. The molecule has 5 nitrogen and oxygen atoms in total. The summed E-state index contributed by atoms with van der Waals surface area (Å²) in [6, 6.07) is 6.44. The topological polar surface area (TPSA) is 68.2 Å². The monoisotopic (exact) mass is 283 g/mol. The highest BCUT2D eigenvalue weighted by Gasteiger charge is 2.10. The maximum absolute atomic E-state index is 5.93. The molecule has 0 amide bonds. The van der Waals surface area contributed by atoms with Crippen LogP contribution in [0.3, 0.4) is 0 Å². The van der Waals surface area contributed by atoms with E-state index in [4.69, 9.17) is 5.73 Å². The van der Waals surface area contributed by atoms with E-state index in [1.165, 1.54) is 30.4 Å². The van der Waals surface area contributed by atoms with Crippen molar-refractivity contribution in [3.63, 3.8) is 0 Å². The Bertz CT molecular complexity index is 656. The van der Waals surface area contributed by atoms with Crippen LogP contribution in [-0.2, 0) is 19.4 Å². The molecule has 0 saturated heterocycles. The summed E-state index contributed by atoms with van der Waals surface area (Å²) in [6.45, 7) is 3.38. The van der Waals surface area contributed by atoms with Gasteiger partial charge in [0.15, 0.2) is 5.96 Å². The van der Waals surface area contributed by atoms with Gasteiger partial charge in [0.05, 0.1) is 19.3 Å². The van der Waals surface area contributed by atoms with Gasteiger partial charge in [0, 0.05) is 11.9 Å². The van der Waals surface area contributed by atoms with Crippen molar-refractivity contribution in [3.05, 3.63) is 47.3 Å².